The number of benzene rings is 4. The lowest BCUT2D eigenvalue weighted by atomic mass is 10.3. The van der Waals surface area contributed by atoms with Crippen LogP contribution in [-0.4, -0.2) is 0 Å². The lowest BCUT2D eigenvalue weighted by molar-refractivity contribution is 1.23. The van der Waals surface area contributed by atoms with Crippen molar-refractivity contribution < 1.29 is 0 Å². The highest BCUT2D eigenvalue weighted by molar-refractivity contribution is 5.49. The molecule has 4 aromatic rings. The first-order valence-corrected chi connectivity index (χ1v) is 9.34. The minimum atomic E-state index is 0.730. The Morgan fingerprint density at radius 2 is 0.600 bits per heavy atom. The maximum absolute atomic E-state index is 5.56. The van der Waals surface area contributed by atoms with Crippen molar-refractivity contribution in [2.24, 2.45) is 20.5 Å². The molecule has 0 bridgehead atoms. The minimum absolute atomic E-state index is 0.730. The van der Waals surface area contributed by atoms with Gasteiger partial charge in [-0.2, -0.15) is 20.5 Å². The molecule has 0 saturated carbocycles. The van der Waals surface area contributed by atoms with Gasteiger partial charge in [-0.3, -0.25) is 0 Å². The Morgan fingerprint density at radius 3 is 0.900 bits per heavy atom. The molecule has 4 aromatic carbocycles. The van der Waals surface area contributed by atoms with Gasteiger partial charge >= 0.3 is 0 Å². The smallest absolute Gasteiger partial charge is 0.0858 e. The van der Waals surface area contributed by atoms with Gasteiger partial charge in [-0.05, 0) is 72.8 Å². The van der Waals surface area contributed by atoms with Crippen LogP contribution in [0.4, 0.5) is 34.1 Å². The monoisotopic (exact) mass is 394 g/mol. The van der Waals surface area contributed by atoms with E-state index in [1.807, 2.05) is 84.9 Å². The molecule has 30 heavy (non-hydrogen) atoms. The molecule has 0 saturated heterocycles. The Bertz CT molecular complexity index is 983. The van der Waals surface area contributed by atoms with Gasteiger partial charge in [-0.25, -0.2) is 0 Å². The summed E-state index contributed by atoms with van der Waals surface area (Å²) in [4.78, 5) is 0. The van der Waals surface area contributed by atoms with Gasteiger partial charge in [-0.1, -0.05) is 36.4 Å². The molecule has 0 aromatic heterocycles. The normalized spacial score (nSPS) is 10.7. The van der Waals surface area contributed by atoms with E-state index in [2.05, 4.69) is 20.5 Å². The highest BCUT2D eigenvalue weighted by Gasteiger charge is 1.90. The Kier molecular flexibility index (Phi) is 7.40. The zero-order valence-electron chi connectivity index (χ0n) is 16.3. The maximum Gasteiger partial charge on any atom is 0.0858 e. The number of hydrogen-bond donors (Lipinski definition) is 2. The molecule has 0 atom stereocenters. The minimum Gasteiger partial charge on any atom is -0.399 e. The molecule has 0 radical (unpaired) electrons. The molecule has 0 fully saturated rings. The van der Waals surface area contributed by atoms with Gasteiger partial charge in [0.15, 0.2) is 0 Å². The molecule has 4 rings (SSSR count). The molecule has 0 spiro atoms. The number of nitrogens with two attached hydrogens (primary N) is 2. The number of azo groups is 2. The second-order valence-electron chi connectivity index (χ2n) is 6.25. The van der Waals surface area contributed by atoms with Crippen molar-refractivity contribution in [3.05, 3.63) is 109 Å². The third-order valence-electron chi connectivity index (χ3n) is 3.86. The molecule has 0 unspecified atom stereocenters. The third kappa shape index (κ3) is 7.01. The van der Waals surface area contributed by atoms with Crippen LogP contribution in [0.25, 0.3) is 0 Å². The molecule has 148 valence electrons. The summed E-state index contributed by atoms with van der Waals surface area (Å²) < 4.78 is 0. The summed E-state index contributed by atoms with van der Waals surface area (Å²) in [5, 5.41) is 16.4. The fraction of sp³-hybridized carbons (Fsp3) is 0. The molecule has 0 aliphatic carbocycles. The average Bonchev–Trinajstić information content (AvgIpc) is 2.80. The van der Waals surface area contributed by atoms with Gasteiger partial charge in [0.05, 0.1) is 22.7 Å². The fourth-order valence-electron chi connectivity index (χ4n) is 2.30. The molecular formula is C24H22N6. The van der Waals surface area contributed by atoms with Gasteiger partial charge in [0, 0.05) is 11.4 Å². The van der Waals surface area contributed by atoms with Crippen LogP contribution >= 0.6 is 0 Å². The van der Waals surface area contributed by atoms with Crippen LogP contribution in [0, 0.1) is 0 Å². The van der Waals surface area contributed by atoms with E-state index in [-0.39, 0.29) is 0 Å². The van der Waals surface area contributed by atoms with Crippen LogP contribution in [0.5, 0.6) is 0 Å². The first-order valence-electron chi connectivity index (χ1n) is 9.34. The second kappa shape index (κ2) is 10.9. The Balaban J connectivity index is 0.000000171. The van der Waals surface area contributed by atoms with Crippen LogP contribution in [0.3, 0.4) is 0 Å². The molecule has 6 heteroatoms. The predicted octanol–water partition coefficient (Wildman–Crippen LogP) is 7.37. The molecule has 4 N–H and O–H groups in total. The summed E-state index contributed by atoms with van der Waals surface area (Å²) in [5.74, 6) is 0. The summed E-state index contributed by atoms with van der Waals surface area (Å²) in [6.45, 7) is 0. The van der Waals surface area contributed by atoms with E-state index in [1.54, 1.807) is 24.3 Å². The highest BCUT2D eigenvalue weighted by Crippen LogP contribution is 2.19. The number of nitrogen functional groups attached to an aromatic ring is 2. The maximum atomic E-state index is 5.56. The largest absolute Gasteiger partial charge is 0.399 e. The van der Waals surface area contributed by atoms with E-state index < -0.39 is 0 Å². The Hall–Kier alpha value is -4.32. The summed E-state index contributed by atoms with van der Waals surface area (Å²) in [6, 6.07) is 33.8. The van der Waals surface area contributed by atoms with E-state index in [4.69, 9.17) is 11.5 Å². The second-order valence-corrected chi connectivity index (χ2v) is 6.25. The van der Waals surface area contributed by atoms with Crippen molar-refractivity contribution >= 4 is 34.1 Å². The van der Waals surface area contributed by atoms with E-state index in [0.29, 0.717) is 0 Å². The van der Waals surface area contributed by atoms with Crippen molar-refractivity contribution in [1.82, 2.24) is 0 Å². The van der Waals surface area contributed by atoms with Gasteiger partial charge in [0.1, 0.15) is 0 Å². The molecule has 0 amide bonds. The first-order chi connectivity index (χ1) is 14.7. The first kappa shape index (κ1) is 20.4. The van der Waals surface area contributed by atoms with Crippen LogP contribution in [0.2, 0.25) is 0 Å². The van der Waals surface area contributed by atoms with Crippen molar-refractivity contribution in [2.75, 3.05) is 11.5 Å². The van der Waals surface area contributed by atoms with Crippen molar-refractivity contribution in [2.45, 2.75) is 0 Å². The molecule has 0 aliphatic rings. The molecular weight excluding hydrogens is 372 g/mol. The number of hydrogen-bond acceptors (Lipinski definition) is 6. The molecule has 6 nitrogen and oxygen atoms in total. The van der Waals surface area contributed by atoms with Gasteiger partial charge in [0.2, 0.25) is 0 Å². The average molecular weight is 394 g/mol. The van der Waals surface area contributed by atoms with Crippen LogP contribution in [-0.2, 0) is 0 Å². The summed E-state index contributed by atoms with van der Waals surface area (Å²) in [6.07, 6.45) is 0. The summed E-state index contributed by atoms with van der Waals surface area (Å²) >= 11 is 0. The van der Waals surface area contributed by atoms with E-state index in [1.165, 1.54) is 0 Å². The number of anilines is 2. The van der Waals surface area contributed by atoms with Crippen molar-refractivity contribution in [3.63, 3.8) is 0 Å². The van der Waals surface area contributed by atoms with Gasteiger partial charge in [0.25, 0.3) is 0 Å². The van der Waals surface area contributed by atoms with Gasteiger partial charge in [-0.15, -0.1) is 0 Å². The highest BCUT2D eigenvalue weighted by atomic mass is 15.1. The number of nitrogens with zero attached hydrogens (tertiary/aromatic N) is 4. The quantitative estimate of drug-likeness (QED) is 0.279. The van der Waals surface area contributed by atoms with Crippen molar-refractivity contribution in [1.29, 1.82) is 0 Å². The zero-order chi connectivity index (χ0) is 21.0. The third-order valence-corrected chi connectivity index (χ3v) is 3.86. The standard InChI is InChI=1S/2C12H11N3/c2*13-10-6-8-12(9-7-10)15-14-11-4-2-1-3-5-11/h2*1-9H,13H2. The molecule has 0 aliphatic heterocycles. The SMILES string of the molecule is Nc1ccc(N=Nc2ccccc2)cc1.Nc1ccc(N=Nc2ccccc2)cc1. The summed E-state index contributed by atoms with van der Waals surface area (Å²) in [5.41, 5.74) is 15.9. The fourth-order valence-corrected chi connectivity index (χ4v) is 2.30. The zero-order valence-corrected chi connectivity index (χ0v) is 16.3. The van der Waals surface area contributed by atoms with Crippen molar-refractivity contribution in [3.8, 4) is 0 Å². The van der Waals surface area contributed by atoms with Gasteiger partial charge < -0.3 is 11.5 Å². The van der Waals surface area contributed by atoms with E-state index in [0.717, 1.165) is 34.1 Å². The molecule has 0 heterocycles. The van der Waals surface area contributed by atoms with E-state index in [9.17, 15) is 0 Å². The Morgan fingerprint density at radius 1 is 0.333 bits per heavy atom. The van der Waals surface area contributed by atoms with Crippen LogP contribution in [0.15, 0.2) is 130 Å². The topological polar surface area (TPSA) is 101 Å². The lowest BCUT2D eigenvalue weighted by Crippen LogP contribution is -1.80. The van der Waals surface area contributed by atoms with Crippen LogP contribution in [0.1, 0.15) is 0 Å². The van der Waals surface area contributed by atoms with Crippen LogP contribution < -0.4 is 11.5 Å². The summed E-state index contributed by atoms with van der Waals surface area (Å²) in [7, 11) is 0. The van der Waals surface area contributed by atoms with E-state index >= 15 is 0 Å². The Labute approximate surface area is 175 Å². The lowest BCUT2D eigenvalue weighted by Gasteiger charge is -1.93. The number of rotatable bonds is 4. The predicted molar refractivity (Wildman–Crippen MR) is 123 cm³/mol.